The van der Waals surface area contributed by atoms with Gasteiger partial charge in [0, 0.05) is 5.69 Å². The number of rotatable bonds is 4. The van der Waals surface area contributed by atoms with Crippen LogP contribution in [-0.2, 0) is 4.74 Å². The molecule has 1 aromatic rings. The number of amides is 1. The van der Waals surface area contributed by atoms with Crippen molar-refractivity contribution in [3.63, 3.8) is 0 Å². The highest BCUT2D eigenvalue weighted by atomic mass is 16.5. The zero-order valence-electron chi connectivity index (χ0n) is 9.29. The molecule has 1 aromatic carbocycles. The summed E-state index contributed by atoms with van der Waals surface area (Å²) in [5, 5.41) is 17.6. The Morgan fingerprint density at radius 3 is 2.29 bits per heavy atom. The average molecular weight is 239 g/mol. The number of benzene rings is 1. The third kappa shape index (κ3) is 3.18. The number of ether oxygens (including phenoxy) is 1. The van der Waals surface area contributed by atoms with E-state index in [4.69, 9.17) is 10.2 Å². The van der Waals surface area contributed by atoms with E-state index < -0.39 is 12.1 Å². The Kier molecular flexibility index (Phi) is 4.47. The van der Waals surface area contributed by atoms with Gasteiger partial charge in [0.25, 0.3) is 0 Å². The van der Waals surface area contributed by atoms with Crippen molar-refractivity contribution >= 4 is 17.7 Å². The average Bonchev–Trinajstić information content (AvgIpc) is 2.35. The molecular weight excluding hydrogens is 226 g/mol. The first kappa shape index (κ1) is 13.0. The number of aromatic carboxylic acids is 1. The van der Waals surface area contributed by atoms with Crippen molar-refractivity contribution in [2.45, 2.75) is 0 Å². The predicted molar refractivity (Wildman–Crippen MR) is 60.2 cm³/mol. The van der Waals surface area contributed by atoms with Gasteiger partial charge in [0.1, 0.15) is 0 Å². The summed E-state index contributed by atoms with van der Waals surface area (Å²) in [5.41, 5.74) is 0.596. The smallest absolute Gasteiger partial charge is 0.414 e. The number of carbonyl (C=O) groups excluding carboxylic acids is 1. The summed E-state index contributed by atoms with van der Waals surface area (Å²) >= 11 is 0. The molecule has 0 bridgehead atoms. The van der Waals surface area contributed by atoms with Gasteiger partial charge in [-0.15, -0.1) is 0 Å². The first-order valence-corrected chi connectivity index (χ1v) is 4.90. The molecule has 0 spiro atoms. The van der Waals surface area contributed by atoms with E-state index in [0.717, 1.165) is 0 Å². The SMILES string of the molecule is COC(=O)N(CCO)c1ccc(C(=O)O)cc1. The van der Waals surface area contributed by atoms with Gasteiger partial charge in [0.2, 0.25) is 0 Å². The molecule has 0 heterocycles. The van der Waals surface area contributed by atoms with Crippen molar-refractivity contribution in [3.05, 3.63) is 29.8 Å². The van der Waals surface area contributed by atoms with Crippen LogP contribution < -0.4 is 4.90 Å². The summed E-state index contributed by atoms with van der Waals surface area (Å²) < 4.78 is 4.56. The lowest BCUT2D eigenvalue weighted by Crippen LogP contribution is -2.33. The number of carboxylic acid groups (broad SMARTS) is 1. The Morgan fingerprint density at radius 1 is 1.29 bits per heavy atom. The fourth-order valence-corrected chi connectivity index (χ4v) is 1.32. The molecule has 0 aliphatic heterocycles. The first-order chi connectivity index (χ1) is 8.10. The number of hydrogen-bond acceptors (Lipinski definition) is 4. The van der Waals surface area contributed by atoms with E-state index in [1.54, 1.807) is 0 Å². The van der Waals surface area contributed by atoms with Gasteiger partial charge in [-0.3, -0.25) is 4.90 Å². The second-order valence-electron chi connectivity index (χ2n) is 3.20. The Hall–Kier alpha value is -2.08. The maximum atomic E-state index is 11.4. The minimum atomic E-state index is -1.04. The van der Waals surface area contributed by atoms with Crippen LogP contribution >= 0.6 is 0 Å². The number of methoxy groups -OCH3 is 1. The molecule has 0 fully saturated rings. The van der Waals surface area contributed by atoms with Crippen molar-refractivity contribution in [1.82, 2.24) is 0 Å². The topological polar surface area (TPSA) is 87.1 Å². The van der Waals surface area contributed by atoms with Gasteiger partial charge in [-0.1, -0.05) is 0 Å². The molecule has 6 nitrogen and oxygen atoms in total. The lowest BCUT2D eigenvalue weighted by atomic mass is 10.2. The summed E-state index contributed by atoms with van der Waals surface area (Å²) in [4.78, 5) is 23.3. The van der Waals surface area contributed by atoms with Crippen LogP contribution in [0.2, 0.25) is 0 Å². The molecule has 1 amide bonds. The molecule has 0 saturated heterocycles. The van der Waals surface area contributed by atoms with E-state index in [2.05, 4.69) is 4.74 Å². The lowest BCUT2D eigenvalue weighted by Gasteiger charge is -2.20. The third-order valence-corrected chi connectivity index (χ3v) is 2.14. The van der Waals surface area contributed by atoms with Crippen LogP contribution in [0, 0.1) is 0 Å². The summed E-state index contributed by atoms with van der Waals surface area (Å²) in [6.07, 6.45) is -0.609. The van der Waals surface area contributed by atoms with Gasteiger partial charge >= 0.3 is 12.1 Å². The van der Waals surface area contributed by atoms with Crippen LogP contribution in [0.1, 0.15) is 10.4 Å². The van der Waals surface area contributed by atoms with Crippen LogP contribution in [0.3, 0.4) is 0 Å². The quantitative estimate of drug-likeness (QED) is 0.816. The van der Waals surface area contributed by atoms with Gasteiger partial charge in [-0.05, 0) is 24.3 Å². The molecule has 0 aliphatic carbocycles. The molecule has 0 aromatic heterocycles. The van der Waals surface area contributed by atoms with Gasteiger partial charge in [-0.25, -0.2) is 9.59 Å². The molecule has 0 aliphatic rings. The van der Waals surface area contributed by atoms with Crippen molar-refractivity contribution < 1.29 is 24.5 Å². The number of carboxylic acids is 1. The van der Waals surface area contributed by atoms with E-state index in [0.29, 0.717) is 5.69 Å². The first-order valence-electron chi connectivity index (χ1n) is 4.90. The number of anilines is 1. The standard InChI is InChI=1S/C11H13NO5/c1-17-11(16)12(6-7-13)9-4-2-8(3-5-9)10(14)15/h2-5,13H,6-7H2,1H3,(H,14,15). The number of hydrogen-bond donors (Lipinski definition) is 2. The fraction of sp³-hybridized carbons (Fsp3) is 0.273. The van der Waals surface area contributed by atoms with E-state index >= 15 is 0 Å². The van der Waals surface area contributed by atoms with Gasteiger partial charge in [-0.2, -0.15) is 0 Å². The zero-order chi connectivity index (χ0) is 12.8. The van der Waals surface area contributed by atoms with Crippen molar-refractivity contribution in [2.24, 2.45) is 0 Å². The second kappa shape index (κ2) is 5.86. The van der Waals surface area contributed by atoms with Crippen LogP contribution in [-0.4, -0.2) is 42.5 Å². The Morgan fingerprint density at radius 2 is 1.88 bits per heavy atom. The number of aliphatic hydroxyl groups excluding tert-OH is 1. The monoisotopic (exact) mass is 239 g/mol. The summed E-state index contributed by atoms with van der Waals surface area (Å²) in [5.74, 6) is -1.04. The van der Waals surface area contributed by atoms with Crippen molar-refractivity contribution in [1.29, 1.82) is 0 Å². The number of carbonyl (C=O) groups is 2. The minimum absolute atomic E-state index is 0.0824. The Bertz CT molecular complexity index is 401. The van der Waals surface area contributed by atoms with Crippen LogP contribution in [0.15, 0.2) is 24.3 Å². The van der Waals surface area contributed by atoms with E-state index in [1.807, 2.05) is 0 Å². The highest BCUT2D eigenvalue weighted by Crippen LogP contribution is 2.16. The molecular formula is C11H13NO5. The molecule has 92 valence electrons. The highest BCUT2D eigenvalue weighted by Gasteiger charge is 2.15. The van der Waals surface area contributed by atoms with Crippen molar-refractivity contribution in [3.8, 4) is 0 Å². The van der Waals surface area contributed by atoms with Gasteiger partial charge in [0.05, 0.1) is 25.8 Å². The van der Waals surface area contributed by atoms with Crippen LogP contribution in [0.4, 0.5) is 10.5 Å². The van der Waals surface area contributed by atoms with Crippen LogP contribution in [0.25, 0.3) is 0 Å². The molecule has 1 rings (SSSR count). The third-order valence-electron chi connectivity index (χ3n) is 2.14. The van der Waals surface area contributed by atoms with Gasteiger partial charge < -0.3 is 14.9 Å². The molecule has 0 unspecified atom stereocenters. The maximum absolute atomic E-state index is 11.4. The fourth-order valence-electron chi connectivity index (χ4n) is 1.32. The number of nitrogens with zero attached hydrogens (tertiary/aromatic N) is 1. The Balaban J connectivity index is 2.94. The van der Waals surface area contributed by atoms with Crippen molar-refractivity contribution in [2.75, 3.05) is 25.2 Å². The lowest BCUT2D eigenvalue weighted by molar-refractivity contribution is 0.0697. The molecule has 0 saturated carbocycles. The van der Waals surface area contributed by atoms with E-state index in [9.17, 15) is 9.59 Å². The molecule has 0 radical (unpaired) electrons. The summed E-state index contributed by atoms with van der Waals surface area (Å²) in [7, 11) is 1.23. The number of aliphatic hydroxyl groups is 1. The maximum Gasteiger partial charge on any atom is 0.414 e. The largest absolute Gasteiger partial charge is 0.478 e. The Labute approximate surface area is 98.0 Å². The minimum Gasteiger partial charge on any atom is -0.478 e. The van der Waals surface area contributed by atoms with E-state index in [1.165, 1.54) is 36.3 Å². The van der Waals surface area contributed by atoms with E-state index in [-0.39, 0.29) is 18.7 Å². The zero-order valence-corrected chi connectivity index (χ0v) is 9.29. The summed E-state index contributed by atoms with van der Waals surface area (Å²) in [6.45, 7) is -0.130. The molecule has 6 heteroatoms. The predicted octanol–water partition coefficient (Wildman–Crippen LogP) is 0.950. The second-order valence-corrected chi connectivity index (χ2v) is 3.20. The van der Waals surface area contributed by atoms with Gasteiger partial charge in [0.15, 0.2) is 0 Å². The normalized spacial score (nSPS) is 9.76. The highest BCUT2D eigenvalue weighted by molar-refractivity contribution is 5.90. The molecule has 17 heavy (non-hydrogen) atoms. The summed E-state index contributed by atoms with van der Waals surface area (Å²) in [6, 6.07) is 5.72. The molecule has 2 N–H and O–H groups in total. The van der Waals surface area contributed by atoms with Crippen LogP contribution in [0.5, 0.6) is 0 Å². The molecule has 0 atom stereocenters.